The lowest BCUT2D eigenvalue weighted by Gasteiger charge is -2.15. The average Bonchev–Trinajstić information content (AvgIpc) is 3.51. The fourth-order valence-electron chi connectivity index (χ4n) is 4.12. The molecule has 0 bridgehead atoms. The van der Waals surface area contributed by atoms with Gasteiger partial charge in [-0.1, -0.05) is 30.3 Å². The molecule has 1 aromatic heterocycles. The Bertz CT molecular complexity index is 1490. The Morgan fingerprint density at radius 3 is 2.53 bits per heavy atom. The molecular formula is C26H20FNO4S2. The number of hydrogen-bond donors (Lipinski definition) is 1. The van der Waals surface area contributed by atoms with Crippen LogP contribution in [0.15, 0.2) is 77.8 Å². The predicted molar refractivity (Wildman–Crippen MR) is 129 cm³/mol. The van der Waals surface area contributed by atoms with E-state index in [4.69, 9.17) is 0 Å². The van der Waals surface area contributed by atoms with Crippen LogP contribution in [0.3, 0.4) is 0 Å². The lowest BCUT2D eigenvalue weighted by atomic mass is 9.98. The Balaban J connectivity index is 1.64. The molecule has 0 unspecified atom stereocenters. The molecule has 1 aliphatic carbocycles. The number of nitrogens with zero attached hydrogens (tertiary/aromatic N) is 1. The van der Waals surface area contributed by atoms with Crippen LogP contribution in [-0.4, -0.2) is 23.9 Å². The highest BCUT2D eigenvalue weighted by molar-refractivity contribution is 7.90. The van der Waals surface area contributed by atoms with Crippen LogP contribution in [-0.2, 0) is 15.6 Å². The molecule has 5 nitrogen and oxygen atoms in total. The van der Waals surface area contributed by atoms with Crippen molar-refractivity contribution >= 4 is 27.3 Å². The number of halogens is 1. The lowest BCUT2D eigenvalue weighted by Crippen LogP contribution is -2.11. The van der Waals surface area contributed by atoms with E-state index >= 15 is 0 Å². The van der Waals surface area contributed by atoms with Crippen molar-refractivity contribution in [2.75, 3.05) is 0 Å². The maximum absolute atomic E-state index is 14.0. The second kappa shape index (κ2) is 8.77. The fourth-order valence-corrected chi connectivity index (χ4v) is 6.41. The first kappa shape index (κ1) is 22.4. The minimum Gasteiger partial charge on any atom is -0.478 e. The molecule has 3 aromatic carbocycles. The maximum Gasteiger partial charge on any atom is 0.335 e. The molecule has 0 spiro atoms. The van der Waals surface area contributed by atoms with Crippen LogP contribution in [0.1, 0.15) is 40.2 Å². The number of benzene rings is 3. The van der Waals surface area contributed by atoms with E-state index in [9.17, 15) is 22.7 Å². The average molecular weight is 494 g/mol. The molecule has 1 heterocycles. The molecule has 1 saturated carbocycles. The number of rotatable bonds is 7. The van der Waals surface area contributed by atoms with Crippen molar-refractivity contribution in [1.29, 1.82) is 0 Å². The van der Waals surface area contributed by atoms with Crippen molar-refractivity contribution in [3.05, 3.63) is 95.4 Å². The molecule has 0 atom stereocenters. The number of carboxylic acid groups (broad SMARTS) is 1. The van der Waals surface area contributed by atoms with Crippen LogP contribution in [0.25, 0.3) is 21.6 Å². The van der Waals surface area contributed by atoms with Crippen LogP contribution in [0.2, 0.25) is 0 Å². The van der Waals surface area contributed by atoms with Gasteiger partial charge in [0.25, 0.3) is 0 Å². The van der Waals surface area contributed by atoms with E-state index in [0.29, 0.717) is 22.3 Å². The first-order chi connectivity index (χ1) is 16.3. The minimum absolute atomic E-state index is 0.0586. The van der Waals surface area contributed by atoms with Gasteiger partial charge in [0.1, 0.15) is 5.82 Å². The summed E-state index contributed by atoms with van der Waals surface area (Å²) in [7, 11) is -3.90. The molecular weight excluding hydrogens is 473 g/mol. The molecule has 1 aliphatic rings. The Morgan fingerprint density at radius 2 is 1.85 bits per heavy atom. The van der Waals surface area contributed by atoms with E-state index in [1.807, 2.05) is 12.1 Å². The van der Waals surface area contributed by atoms with Gasteiger partial charge >= 0.3 is 5.97 Å². The topological polar surface area (TPSA) is 84.3 Å². The number of carbonyl (C=O) groups is 1. The van der Waals surface area contributed by atoms with Gasteiger partial charge in [0.2, 0.25) is 0 Å². The van der Waals surface area contributed by atoms with Crippen LogP contribution in [0, 0.1) is 5.82 Å². The van der Waals surface area contributed by atoms with Crippen LogP contribution >= 0.6 is 11.5 Å². The summed E-state index contributed by atoms with van der Waals surface area (Å²) in [6.07, 6.45) is 3.44. The summed E-state index contributed by atoms with van der Waals surface area (Å²) >= 11 is 1.30. The highest BCUT2D eigenvalue weighted by atomic mass is 32.2. The lowest BCUT2D eigenvalue weighted by molar-refractivity contribution is 0.0696. The monoisotopic (exact) mass is 493 g/mol. The van der Waals surface area contributed by atoms with Crippen molar-refractivity contribution in [3.63, 3.8) is 0 Å². The van der Waals surface area contributed by atoms with Gasteiger partial charge < -0.3 is 5.11 Å². The Labute approximate surface area is 200 Å². The molecule has 172 valence electrons. The van der Waals surface area contributed by atoms with E-state index < -0.39 is 21.6 Å². The third-order valence-corrected chi connectivity index (χ3v) is 8.43. The predicted octanol–water partition coefficient (Wildman–Crippen LogP) is 6.17. The normalized spacial score (nSPS) is 13.7. The van der Waals surface area contributed by atoms with Crippen molar-refractivity contribution in [1.82, 2.24) is 4.37 Å². The molecule has 34 heavy (non-hydrogen) atoms. The van der Waals surface area contributed by atoms with Gasteiger partial charge in [0.05, 0.1) is 21.1 Å². The van der Waals surface area contributed by atoms with Gasteiger partial charge in [-0.2, -0.15) is 0 Å². The molecule has 0 aliphatic heterocycles. The second-order valence-corrected chi connectivity index (χ2v) is 11.1. The van der Waals surface area contributed by atoms with E-state index in [0.717, 1.165) is 23.3 Å². The van der Waals surface area contributed by atoms with Crippen molar-refractivity contribution < 1.29 is 22.7 Å². The number of aromatic nitrogens is 1. The highest BCUT2D eigenvalue weighted by Crippen LogP contribution is 2.44. The summed E-state index contributed by atoms with van der Waals surface area (Å²) in [6, 6.07) is 17.7. The zero-order valence-corrected chi connectivity index (χ0v) is 19.6. The van der Waals surface area contributed by atoms with Gasteiger partial charge in [0, 0.05) is 6.20 Å². The first-order valence-electron chi connectivity index (χ1n) is 10.7. The molecule has 8 heteroatoms. The molecule has 5 rings (SSSR count). The van der Waals surface area contributed by atoms with Crippen LogP contribution in [0.5, 0.6) is 0 Å². The van der Waals surface area contributed by atoms with E-state index in [1.54, 1.807) is 36.5 Å². The first-order valence-corrected chi connectivity index (χ1v) is 13.1. The number of sulfone groups is 1. The Kier molecular flexibility index (Phi) is 5.79. The van der Waals surface area contributed by atoms with Gasteiger partial charge in [-0.05, 0) is 94.5 Å². The minimum atomic E-state index is -3.90. The van der Waals surface area contributed by atoms with Gasteiger partial charge in [-0.15, -0.1) is 0 Å². The van der Waals surface area contributed by atoms with E-state index in [-0.39, 0.29) is 22.1 Å². The summed E-state index contributed by atoms with van der Waals surface area (Å²) < 4.78 is 45.5. The van der Waals surface area contributed by atoms with Gasteiger partial charge in [0.15, 0.2) is 9.84 Å². The second-order valence-electron chi connectivity index (χ2n) is 8.35. The number of carboxylic acids is 1. The molecule has 4 aromatic rings. The third-order valence-electron chi connectivity index (χ3n) is 5.92. The Morgan fingerprint density at radius 1 is 1.03 bits per heavy atom. The maximum atomic E-state index is 14.0. The molecule has 1 N–H and O–H groups in total. The molecule has 1 fully saturated rings. The largest absolute Gasteiger partial charge is 0.478 e. The van der Waals surface area contributed by atoms with Crippen LogP contribution in [0.4, 0.5) is 4.39 Å². The Hall–Kier alpha value is -3.36. The summed E-state index contributed by atoms with van der Waals surface area (Å²) in [5.41, 5.74) is 3.11. The van der Waals surface area contributed by atoms with Gasteiger partial charge in [-0.25, -0.2) is 22.0 Å². The van der Waals surface area contributed by atoms with E-state index in [2.05, 4.69) is 4.37 Å². The quantitative estimate of drug-likeness (QED) is 0.333. The summed E-state index contributed by atoms with van der Waals surface area (Å²) in [6.45, 7) is 0. The number of aromatic carboxylic acids is 1. The molecule has 0 radical (unpaired) electrons. The highest BCUT2D eigenvalue weighted by Gasteiger charge is 2.31. The zero-order valence-electron chi connectivity index (χ0n) is 17.9. The van der Waals surface area contributed by atoms with Crippen molar-refractivity contribution in [2.24, 2.45) is 0 Å². The van der Waals surface area contributed by atoms with Crippen molar-refractivity contribution in [2.45, 2.75) is 29.4 Å². The smallest absolute Gasteiger partial charge is 0.335 e. The fraction of sp³-hybridized carbons (Fsp3) is 0.154. The SMILES string of the molecule is O=C(O)c1ccc(C2CC2)c(S(=O)(=O)Cc2cc(-c3ccns3)ccc2-c2cccc(F)c2)c1. The number of hydrogen-bond acceptors (Lipinski definition) is 5. The summed E-state index contributed by atoms with van der Waals surface area (Å²) in [4.78, 5) is 12.5. The molecule has 0 amide bonds. The van der Waals surface area contributed by atoms with Crippen molar-refractivity contribution in [3.8, 4) is 21.6 Å². The van der Waals surface area contributed by atoms with Crippen LogP contribution < -0.4 is 0 Å². The van der Waals surface area contributed by atoms with E-state index in [1.165, 1.54) is 35.8 Å². The van der Waals surface area contributed by atoms with Gasteiger partial charge in [-0.3, -0.25) is 0 Å². The third kappa shape index (κ3) is 4.51. The standard InChI is InChI=1S/C26H20FNO4S2/c27-21-3-1-2-17(13-21)22-8-6-18(24-10-11-28-33-24)12-20(22)15-34(31,32)25-14-19(26(29)30)7-9-23(25)16-4-5-16/h1-3,6-14,16H,4-5,15H2,(H,29,30). The summed E-state index contributed by atoms with van der Waals surface area (Å²) in [5, 5.41) is 9.44. The summed E-state index contributed by atoms with van der Waals surface area (Å²) in [5.74, 6) is -1.80. The molecule has 0 saturated heterocycles. The zero-order chi connectivity index (χ0) is 23.9.